The van der Waals surface area contributed by atoms with E-state index in [1.165, 1.54) is 32.0 Å². The van der Waals surface area contributed by atoms with Crippen LogP contribution in [0.3, 0.4) is 0 Å². The Hall–Kier alpha value is -1.51. The van der Waals surface area contributed by atoms with Crippen LogP contribution in [0, 0.1) is 27.7 Å². The van der Waals surface area contributed by atoms with Gasteiger partial charge in [-0.2, -0.15) is 13.2 Å². The zero-order chi connectivity index (χ0) is 20.3. The molecule has 0 unspecified atom stereocenters. The fraction of sp³-hybridized carbons (Fsp3) is 0.333. The topological polar surface area (TPSA) is 57.2 Å². The van der Waals surface area contributed by atoms with Gasteiger partial charge in [0.1, 0.15) is 6.26 Å². The molecule has 2 aromatic rings. The number of hydrogen-bond acceptors (Lipinski definition) is 3. The molecule has 3 nitrogen and oxygen atoms in total. The molecule has 0 aliphatic heterocycles. The Labute approximate surface area is 155 Å². The first-order chi connectivity index (χ1) is 11.7. The van der Waals surface area contributed by atoms with Gasteiger partial charge in [-0.3, -0.25) is 0 Å². The molecule has 0 fully saturated rings. The molecule has 0 bridgehead atoms. The molecule has 0 spiro atoms. The molecule has 0 N–H and O–H groups in total. The van der Waals surface area contributed by atoms with Gasteiger partial charge in [0, 0.05) is 11.1 Å². The lowest BCUT2D eigenvalue weighted by Crippen LogP contribution is -2.21. The van der Waals surface area contributed by atoms with Gasteiger partial charge in [-0.25, -0.2) is 8.42 Å². The molecule has 0 atom stereocenters. The van der Waals surface area contributed by atoms with Crippen molar-refractivity contribution in [1.82, 2.24) is 0 Å². The third-order valence-corrected chi connectivity index (χ3v) is 6.40. The molecule has 0 radical (unpaired) electrons. The van der Waals surface area contributed by atoms with E-state index in [-0.39, 0.29) is 10.9 Å². The Morgan fingerprint density at radius 2 is 1.15 bits per heavy atom. The van der Waals surface area contributed by atoms with Crippen LogP contribution in [0.2, 0.25) is 0 Å². The highest BCUT2D eigenvalue weighted by Gasteiger charge is 2.36. The first kappa shape index (κ1) is 22.5. The van der Waals surface area contributed by atoms with Crippen molar-refractivity contribution in [3.8, 4) is 0 Å². The third-order valence-electron chi connectivity index (χ3n) is 3.63. The summed E-state index contributed by atoms with van der Waals surface area (Å²) in [4.78, 5) is 2.95. The zero-order valence-electron chi connectivity index (χ0n) is 15.1. The minimum atomic E-state index is -6.09. The Morgan fingerprint density at radius 3 is 1.42 bits per heavy atom. The van der Waals surface area contributed by atoms with Crippen molar-refractivity contribution in [2.75, 3.05) is 6.26 Å². The molecule has 2 aromatic carbocycles. The number of rotatable bonds is 2. The van der Waals surface area contributed by atoms with Crippen LogP contribution in [-0.2, 0) is 21.0 Å². The standard InChI is InChI=1S/C17H21S.CHF3O3S/c1-12-6-8-14(3)16(10-12)18(5)17-11-13(2)7-9-15(17)4;2-1(3,4)8(5,6)7/h6-11H,1-5H3;(H,5,6,7)/q+1;/p-1. The molecule has 0 saturated carbocycles. The molecular formula is C18H21F3O3S2. The van der Waals surface area contributed by atoms with Gasteiger partial charge >= 0.3 is 5.51 Å². The average Bonchev–Trinajstić information content (AvgIpc) is 2.50. The number of hydrogen-bond donors (Lipinski definition) is 0. The van der Waals surface area contributed by atoms with Gasteiger partial charge in [0.2, 0.25) is 0 Å². The largest absolute Gasteiger partial charge is 0.741 e. The summed E-state index contributed by atoms with van der Waals surface area (Å²) < 4.78 is 58.9. The van der Waals surface area contributed by atoms with E-state index >= 15 is 0 Å². The highest BCUT2D eigenvalue weighted by molar-refractivity contribution is 7.96. The predicted octanol–water partition coefficient (Wildman–Crippen LogP) is 4.64. The molecule has 0 heterocycles. The van der Waals surface area contributed by atoms with Crippen LogP contribution >= 0.6 is 0 Å². The van der Waals surface area contributed by atoms with Crippen LogP contribution in [0.15, 0.2) is 46.2 Å². The smallest absolute Gasteiger partial charge is 0.485 e. The lowest BCUT2D eigenvalue weighted by atomic mass is 10.2. The summed E-state index contributed by atoms with van der Waals surface area (Å²) in [5, 5.41) is 0. The maximum atomic E-state index is 10.7. The first-order valence-electron chi connectivity index (χ1n) is 7.56. The zero-order valence-corrected chi connectivity index (χ0v) is 16.8. The van der Waals surface area contributed by atoms with Crippen molar-refractivity contribution in [3.05, 3.63) is 58.7 Å². The van der Waals surface area contributed by atoms with Gasteiger partial charge in [-0.05, 0) is 51.0 Å². The number of halogens is 3. The van der Waals surface area contributed by atoms with Gasteiger partial charge in [0.25, 0.3) is 0 Å². The number of aryl methyl sites for hydroxylation is 4. The van der Waals surface area contributed by atoms with Gasteiger partial charge in [-0.15, -0.1) is 0 Å². The lowest BCUT2D eigenvalue weighted by Gasteiger charge is -2.09. The van der Waals surface area contributed by atoms with Gasteiger partial charge in [0.05, 0.1) is 10.9 Å². The highest BCUT2D eigenvalue weighted by atomic mass is 32.2. The fourth-order valence-corrected chi connectivity index (χ4v) is 4.26. The lowest BCUT2D eigenvalue weighted by molar-refractivity contribution is -0.0517. The van der Waals surface area contributed by atoms with E-state index in [0.29, 0.717) is 0 Å². The van der Waals surface area contributed by atoms with Crippen LogP contribution in [0.1, 0.15) is 22.3 Å². The first-order valence-corrected chi connectivity index (χ1v) is 10.6. The maximum absolute atomic E-state index is 10.7. The molecule has 144 valence electrons. The second-order valence-electron chi connectivity index (χ2n) is 5.95. The Bertz CT molecular complexity index is 824. The maximum Gasteiger partial charge on any atom is 0.485 e. The molecule has 0 aliphatic rings. The second kappa shape index (κ2) is 8.45. The summed E-state index contributed by atoms with van der Waals surface area (Å²) in [6.45, 7) is 8.76. The summed E-state index contributed by atoms with van der Waals surface area (Å²) >= 11 is 0. The molecule has 0 saturated heterocycles. The van der Waals surface area contributed by atoms with Gasteiger partial charge < -0.3 is 4.55 Å². The monoisotopic (exact) mass is 406 g/mol. The van der Waals surface area contributed by atoms with Gasteiger partial charge in [-0.1, -0.05) is 24.3 Å². The highest BCUT2D eigenvalue weighted by Crippen LogP contribution is 2.28. The number of alkyl halides is 3. The second-order valence-corrected chi connectivity index (χ2v) is 9.22. The van der Waals surface area contributed by atoms with Crippen molar-refractivity contribution < 1.29 is 26.1 Å². The molecule has 0 aliphatic carbocycles. The summed E-state index contributed by atoms with van der Waals surface area (Å²) in [7, 11) is -5.93. The molecule has 2 rings (SSSR count). The molecular weight excluding hydrogens is 385 g/mol. The van der Waals surface area contributed by atoms with E-state index in [0.717, 1.165) is 0 Å². The van der Waals surface area contributed by atoms with Crippen LogP contribution < -0.4 is 0 Å². The van der Waals surface area contributed by atoms with Crippen LogP contribution in [0.25, 0.3) is 0 Å². The van der Waals surface area contributed by atoms with Crippen molar-refractivity contribution in [2.45, 2.75) is 43.0 Å². The Balaban J connectivity index is 0.000000359. The van der Waals surface area contributed by atoms with E-state index in [2.05, 4.69) is 70.3 Å². The van der Waals surface area contributed by atoms with E-state index < -0.39 is 15.6 Å². The van der Waals surface area contributed by atoms with Crippen LogP contribution in [0.5, 0.6) is 0 Å². The van der Waals surface area contributed by atoms with E-state index in [1.807, 2.05) is 0 Å². The average molecular weight is 406 g/mol. The van der Waals surface area contributed by atoms with Crippen LogP contribution in [-0.4, -0.2) is 24.7 Å². The SMILES string of the molecule is Cc1ccc(C)c([S+](C)c2cc(C)ccc2C)c1.O=S(=O)([O-])C(F)(F)F. The van der Waals surface area contributed by atoms with Crippen molar-refractivity contribution in [1.29, 1.82) is 0 Å². The van der Waals surface area contributed by atoms with E-state index in [4.69, 9.17) is 13.0 Å². The van der Waals surface area contributed by atoms with Crippen LogP contribution in [0.4, 0.5) is 13.2 Å². The summed E-state index contributed by atoms with van der Waals surface area (Å²) in [5.74, 6) is 0. The normalized spacial score (nSPS) is 11.9. The summed E-state index contributed by atoms with van der Waals surface area (Å²) in [6, 6.07) is 13.5. The molecule has 8 heteroatoms. The molecule has 26 heavy (non-hydrogen) atoms. The molecule has 0 aromatic heterocycles. The summed E-state index contributed by atoms with van der Waals surface area (Å²) in [5.41, 5.74) is -0.160. The number of benzene rings is 2. The minimum absolute atomic E-state index is 0.160. The minimum Gasteiger partial charge on any atom is -0.741 e. The van der Waals surface area contributed by atoms with Crippen molar-refractivity contribution in [2.24, 2.45) is 0 Å². The quantitative estimate of drug-likeness (QED) is 0.415. The van der Waals surface area contributed by atoms with E-state index in [1.54, 1.807) is 0 Å². The molecule has 0 amide bonds. The third kappa shape index (κ3) is 6.03. The van der Waals surface area contributed by atoms with Gasteiger partial charge in [0.15, 0.2) is 19.9 Å². The Kier molecular flexibility index (Phi) is 7.33. The summed E-state index contributed by atoms with van der Waals surface area (Å²) in [6.07, 6.45) is 2.34. The van der Waals surface area contributed by atoms with Crippen molar-refractivity contribution >= 4 is 21.0 Å². The van der Waals surface area contributed by atoms with Crippen molar-refractivity contribution in [3.63, 3.8) is 0 Å². The predicted molar refractivity (Wildman–Crippen MR) is 97.4 cm³/mol. The van der Waals surface area contributed by atoms with E-state index in [9.17, 15) is 13.2 Å². The Morgan fingerprint density at radius 1 is 0.846 bits per heavy atom. The fourth-order valence-electron chi connectivity index (χ4n) is 2.19.